The second-order valence-electron chi connectivity index (χ2n) is 4.01. The van der Waals surface area contributed by atoms with Crippen LogP contribution in [0.15, 0.2) is 21.5 Å². The first-order valence-corrected chi connectivity index (χ1v) is 7.83. The lowest BCUT2D eigenvalue weighted by molar-refractivity contribution is -0.139. The third-order valence-corrected chi connectivity index (χ3v) is 4.86. The number of ether oxygens (including phenoxy) is 1. The summed E-state index contributed by atoms with van der Waals surface area (Å²) < 4.78 is 57.1. The summed E-state index contributed by atoms with van der Waals surface area (Å²) in [5, 5.41) is 8.61. The predicted octanol–water partition coefficient (Wildman–Crippen LogP) is 1.50. The molecular weight excluding hydrogens is 376 g/mol. The predicted molar refractivity (Wildman–Crippen MR) is 72.3 cm³/mol. The van der Waals surface area contributed by atoms with E-state index >= 15 is 0 Å². The minimum absolute atomic E-state index is 0.278. The van der Waals surface area contributed by atoms with Crippen LogP contribution in [0.1, 0.15) is 6.42 Å². The number of rotatable bonds is 7. The Morgan fingerprint density at radius 3 is 2.57 bits per heavy atom. The molecule has 0 aliphatic heterocycles. The highest BCUT2D eigenvalue weighted by atomic mass is 79.9. The Hall–Kier alpha value is -1.10. The van der Waals surface area contributed by atoms with Crippen LogP contribution in [0.25, 0.3) is 0 Å². The van der Waals surface area contributed by atoms with Crippen LogP contribution in [0.4, 0.5) is 8.78 Å². The van der Waals surface area contributed by atoms with Crippen LogP contribution in [0.2, 0.25) is 0 Å². The smallest absolute Gasteiger partial charge is 0.306 e. The van der Waals surface area contributed by atoms with E-state index in [1.807, 2.05) is 4.72 Å². The Kier molecular flexibility index (Phi) is 6.20. The second kappa shape index (κ2) is 7.25. The van der Waals surface area contributed by atoms with Crippen LogP contribution in [0.3, 0.4) is 0 Å². The molecule has 0 aliphatic carbocycles. The van der Waals surface area contributed by atoms with Crippen molar-refractivity contribution in [3.63, 3.8) is 0 Å². The van der Waals surface area contributed by atoms with Crippen LogP contribution in [-0.4, -0.2) is 39.3 Å². The maximum absolute atomic E-state index is 13.6. The Balaban J connectivity index is 2.95. The molecule has 0 amide bonds. The maximum atomic E-state index is 13.6. The number of carbonyl (C=O) groups is 1. The van der Waals surface area contributed by atoms with Gasteiger partial charge in [0.05, 0.1) is 12.5 Å². The van der Waals surface area contributed by atoms with E-state index in [-0.39, 0.29) is 11.0 Å². The average molecular weight is 388 g/mol. The molecule has 0 aromatic heterocycles. The normalized spacial score (nSPS) is 13.1. The largest absolute Gasteiger partial charge is 0.481 e. The van der Waals surface area contributed by atoms with E-state index in [4.69, 9.17) is 9.84 Å². The van der Waals surface area contributed by atoms with E-state index in [9.17, 15) is 22.0 Å². The molecule has 0 saturated heterocycles. The zero-order valence-electron chi connectivity index (χ0n) is 10.8. The molecule has 0 radical (unpaired) electrons. The van der Waals surface area contributed by atoms with Crippen LogP contribution >= 0.6 is 15.9 Å². The summed E-state index contributed by atoms with van der Waals surface area (Å²) >= 11 is 2.77. The van der Waals surface area contributed by atoms with Crippen molar-refractivity contribution in [2.45, 2.75) is 17.4 Å². The molecule has 0 bridgehead atoms. The number of sulfonamides is 1. The van der Waals surface area contributed by atoms with Gasteiger partial charge in [-0.15, -0.1) is 0 Å². The Labute approximate surface area is 128 Å². The number of hydrogen-bond acceptors (Lipinski definition) is 4. The highest BCUT2D eigenvalue weighted by Gasteiger charge is 2.25. The molecule has 0 fully saturated rings. The number of carboxylic acids is 1. The van der Waals surface area contributed by atoms with Gasteiger partial charge in [0, 0.05) is 24.2 Å². The number of carboxylic acid groups (broad SMARTS) is 1. The Morgan fingerprint density at radius 2 is 2.10 bits per heavy atom. The molecule has 1 atom stereocenters. The SMILES string of the molecule is COC(CNS(=O)(=O)c1c(F)cc(F)cc1Br)CC(=O)O. The summed E-state index contributed by atoms with van der Waals surface area (Å²) in [4.78, 5) is 9.79. The first-order valence-electron chi connectivity index (χ1n) is 5.56. The summed E-state index contributed by atoms with van der Waals surface area (Å²) in [6.07, 6.45) is -1.34. The monoisotopic (exact) mass is 387 g/mol. The highest BCUT2D eigenvalue weighted by Crippen LogP contribution is 2.26. The van der Waals surface area contributed by atoms with Crippen LogP contribution < -0.4 is 4.72 Å². The molecule has 0 heterocycles. The molecule has 0 aliphatic rings. The minimum Gasteiger partial charge on any atom is -0.481 e. The molecule has 6 nitrogen and oxygen atoms in total. The fourth-order valence-corrected chi connectivity index (χ4v) is 3.72. The first-order chi connectivity index (χ1) is 9.67. The lowest BCUT2D eigenvalue weighted by Crippen LogP contribution is -2.35. The van der Waals surface area contributed by atoms with Gasteiger partial charge in [0.2, 0.25) is 10.0 Å². The van der Waals surface area contributed by atoms with E-state index in [0.717, 1.165) is 6.07 Å². The molecule has 1 rings (SSSR count). The van der Waals surface area contributed by atoms with E-state index in [1.165, 1.54) is 7.11 Å². The molecule has 1 unspecified atom stereocenters. The fraction of sp³-hybridized carbons (Fsp3) is 0.364. The Morgan fingerprint density at radius 1 is 1.48 bits per heavy atom. The van der Waals surface area contributed by atoms with Crippen LogP contribution in [0, 0.1) is 11.6 Å². The van der Waals surface area contributed by atoms with Crippen molar-refractivity contribution >= 4 is 31.9 Å². The third kappa shape index (κ3) is 4.99. The van der Waals surface area contributed by atoms with Gasteiger partial charge in [0.25, 0.3) is 0 Å². The highest BCUT2D eigenvalue weighted by molar-refractivity contribution is 9.10. The first kappa shape index (κ1) is 18.0. The van der Waals surface area contributed by atoms with Crippen molar-refractivity contribution in [1.29, 1.82) is 0 Å². The molecule has 10 heteroatoms. The van der Waals surface area contributed by atoms with Gasteiger partial charge < -0.3 is 9.84 Å². The quantitative estimate of drug-likeness (QED) is 0.739. The molecule has 1 aromatic rings. The van der Waals surface area contributed by atoms with Gasteiger partial charge in [-0.05, 0) is 22.0 Å². The number of benzene rings is 1. The minimum atomic E-state index is -4.29. The van der Waals surface area contributed by atoms with Crippen molar-refractivity contribution in [1.82, 2.24) is 4.72 Å². The van der Waals surface area contributed by atoms with E-state index < -0.39 is 45.0 Å². The number of aliphatic carboxylic acids is 1. The van der Waals surface area contributed by atoms with Gasteiger partial charge in [-0.25, -0.2) is 21.9 Å². The van der Waals surface area contributed by atoms with Crippen molar-refractivity contribution < 1.29 is 31.8 Å². The molecule has 118 valence electrons. The number of methoxy groups -OCH3 is 1. The summed E-state index contributed by atoms with van der Waals surface area (Å²) in [6, 6.07) is 1.24. The lowest BCUT2D eigenvalue weighted by Gasteiger charge is -2.15. The van der Waals surface area contributed by atoms with Gasteiger partial charge in [0.15, 0.2) is 0 Å². The summed E-state index contributed by atoms with van der Waals surface area (Å²) in [6.45, 7) is -0.367. The molecule has 21 heavy (non-hydrogen) atoms. The number of halogens is 3. The third-order valence-electron chi connectivity index (χ3n) is 2.47. The molecule has 2 N–H and O–H groups in total. The van der Waals surface area contributed by atoms with Gasteiger partial charge in [-0.1, -0.05) is 0 Å². The number of hydrogen-bond donors (Lipinski definition) is 2. The topological polar surface area (TPSA) is 92.7 Å². The Bertz CT molecular complexity index is 614. The maximum Gasteiger partial charge on any atom is 0.306 e. The zero-order valence-corrected chi connectivity index (χ0v) is 13.2. The lowest BCUT2D eigenvalue weighted by atomic mass is 10.2. The van der Waals surface area contributed by atoms with Crippen molar-refractivity contribution in [2.24, 2.45) is 0 Å². The standard InChI is InChI=1S/C11H12BrF2NO5S/c1-20-7(4-10(16)17)5-15-21(18,19)11-8(12)2-6(13)3-9(11)14/h2-3,7,15H,4-5H2,1H3,(H,16,17). The van der Waals surface area contributed by atoms with Gasteiger partial charge in [-0.3, -0.25) is 4.79 Å². The van der Waals surface area contributed by atoms with Crippen LogP contribution in [0.5, 0.6) is 0 Å². The molecule has 1 aromatic carbocycles. The molecular formula is C11H12BrF2NO5S. The van der Waals surface area contributed by atoms with E-state index in [1.54, 1.807) is 0 Å². The average Bonchev–Trinajstić information content (AvgIpc) is 2.32. The van der Waals surface area contributed by atoms with Crippen LogP contribution in [-0.2, 0) is 19.6 Å². The summed E-state index contributed by atoms with van der Waals surface area (Å²) in [5.41, 5.74) is 0. The molecule has 0 saturated carbocycles. The van der Waals surface area contributed by atoms with Gasteiger partial charge in [0.1, 0.15) is 16.5 Å². The van der Waals surface area contributed by atoms with E-state index in [2.05, 4.69) is 15.9 Å². The fourth-order valence-electron chi connectivity index (χ4n) is 1.49. The van der Waals surface area contributed by atoms with Crippen molar-refractivity contribution in [2.75, 3.05) is 13.7 Å². The van der Waals surface area contributed by atoms with Gasteiger partial charge in [-0.2, -0.15) is 0 Å². The van der Waals surface area contributed by atoms with Gasteiger partial charge >= 0.3 is 5.97 Å². The summed E-state index contributed by atoms with van der Waals surface area (Å²) in [7, 11) is -3.07. The van der Waals surface area contributed by atoms with E-state index in [0.29, 0.717) is 6.07 Å². The zero-order chi connectivity index (χ0) is 16.2. The van der Waals surface area contributed by atoms with Crippen molar-refractivity contribution in [3.05, 3.63) is 28.2 Å². The summed E-state index contributed by atoms with van der Waals surface area (Å²) in [5.74, 6) is -3.37. The second-order valence-corrected chi connectivity index (χ2v) is 6.56. The van der Waals surface area contributed by atoms with Crippen molar-refractivity contribution in [3.8, 4) is 0 Å². The molecule has 0 spiro atoms. The number of nitrogens with one attached hydrogen (secondary N) is 1.